The summed E-state index contributed by atoms with van der Waals surface area (Å²) < 4.78 is 0. The summed E-state index contributed by atoms with van der Waals surface area (Å²) >= 11 is 0. The lowest BCUT2D eigenvalue weighted by Gasteiger charge is -2.32. The topological polar surface area (TPSA) is 46.3 Å². The van der Waals surface area contributed by atoms with Gasteiger partial charge in [-0.3, -0.25) is 4.79 Å². The first kappa shape index (κ1) is 14.5. The highest BCUT2D eigenvalue weighted by Crippen LogP contribution is 2.37. The Balaban J connectivity index is 2.74. The molecule has 0 saturated carbocycles. The molecule has 0 aromatic heterocycles. The number of nitrogens with zero attached hydrogens (tertiary/aromatic N) is 1. The van der Waals surface area contributed by atoms with Crippen LogP contribution < -0.4 is 5.73 Å². The first-order valence-corrected chi connectivity index (χ1v) is 7.05. The third-order valence-corrected chi connectivity index (χ3v) is 4.91. The van der Waals surface area contributed by atoms with E-state index in [-0.39, 0.29) is 5.91 Å². The standard InChI is InChI=1S/C14H28N2O/c1-5-13(6-2)9-10-16(11-13)12(17)14(15,7-3)8-4/h5-11,15H2,1-4H3. The summed E-state index contributed by atoms with van der Waals surface area (Å²) in [5.41, 5.74) is 5.90. The van der Waals surface area contributed by atoms with Crippen LogP contribution in [-0.2, 0) is 4.79 Å². The number of rotatable bonds is 5. The van der Waals surface area contributed by atoms with Crippen LogP contribution in [0, 0.1) is 5.41 Å². The molecule has 1 rings (SSSR count). The Labute approximate surface area is 106 Å². The number of carbonyl (C=O) groups excluding carboxylic acids is 1. The van der Waals surface area contributed by atoms with Crippen LogP contribution >= 0.6 is 0 Å². The van der Waals surface area contributed by atoms with E-state index in [1.54, 1.807) is 0 Å². The van der Waals surface area contributed by atoms with Gasteiger partial charge < -0.3 is 10.6 Å². The Hall–Kier alpha value is -0.570. The molecule has 17 heavy (non-hydrogen) atoms. The number of likely N-dealkylation sites (tertiary alicyclic amines) is 1. The highest BCUT2D eigenvalue weighted by atomic mass is 16.2. The fourth-order valence-electron chi connectivity index (χ4n) is 2.80. The van der Waals surface area contributed by atoms with Crippen molar-refractivity contribution in [3.05, 3.63) is 0 Å². The molecule has 0 aliphatic carbocycles. The molecule has 1 saturated heterocycles. The van der Waals surface area contributed by atoms with Crippen LogP contribution in [0.1, 0.15) is 59.8 Å². The highest BCUT2D eigenvalue weighted by Gasteiger charge is 2.42. The minimum atomic E-state index is -0.641. The van der Waals surface area contributed by atoms with Gasteiger partial charge in [-0.1, -0.05) is 27.7 Å². The minimum Gasteiger partial charge on any atom is -0.341 e. The lowest BCUT2D eigenvalue weighted by molar-refractivity contribution is -0.136. The monoisotopic (exact) mass is 240 g/mol. The minimum absolute atomic E-state index is 0.159. The second-order valence-electron chi connectivity index (χ2n) is 5.55. The van der Waals surface area contributed by atoms with E-state index in [4.69, 9.17) is 5.73 Å². The molecule has 0 bridgehead atoms. The highest BCUT2D eigenvalue weighted by molar-refractivity contribution is 5.86. The van der Waals surface area contributed by atoms with Crippen molar-refractivity contribution in [2.45, 2.75) is 65.3 Å². The molecule has 0 aromatic carbocycles. The molecule has 2 N–H and O–H groups in total. The zero-order valence-electron chi connectivity index (χ0n) is 11.9. The van der Waals surface area contributed by atoms with Crippen molar-refractivity contribution in [1.82, 2.24) is 4.90 Å². The van der Waals surface area contributed by atoms with Crippen LogP contribution in [-0.4, -0.2) is 29.4 Å². The maximum absolute atomic E-state index is 12.4. The third kappa shape index (κ3) is 2.65. The Morgan fingerprint density at radius 1 is 1.24 bits per heavy atom. The van der Waals surface area contributed by atoms with E-state index >= 15 is 0 Å². The van der Waals surface area contributed by atoms with Crippen LogP contribution in [0.4, 0.5) is 0 Å². The molecule has 100 valence electrons. The second kappa shape index (κ2) is 5.38. The van der Waals surface area contributed by atoms with Gasteiger partial charge in [-0.2, -0.15) is 0 Å². The average Bonchev–Trinajstić information content (AvgIpc) is 2.82. The van der Waals surface area contributed by atoms with E-state index in [1.165, 1.54) is 0 Å². The Morgan fingerprint density at radius 2 is 1.76 bits per heavy atom. The lowest BCUT2D eigenvalue weighted by Crippen LogP contribution is -2.54. The molecule has 1 aliphatic heterocycles. The molecule has 0 atom stereocenters. The summed E-state index contributed by atoms with van der Waals surface area (Å²) in [6.45, 7) is 10.3. The molecule has 1 aliphatic rings. The van der Waals surface area contributed by atoms with Crippen molar-refractivity contribution >= 4 is 5.91 Å². The van der Waals surface area contributed by atoms with Gasteiger partial charge in [0.15, 0.2) is 0 Å². The van der Waals surface area contributed by atoms with Crippen molar-refractivity contribution in [1.29, 1.82) is 0 Å². The van der Waals surface area contributed by atoms with Crippen LogP contribution in [0.25, 0.3) is 0 Å². The number of carbonyl (C=O) groups is 1. The summed E-state index contributed by atoms with van der Waals surface area (Å²) in [6, 6.07) is 0. The smallest absolute Gasteiger partial charge is 0.242 e. The Bertz CT molecular complexity index is 267. The maximum Gasteiger partial charge on any atom is 0.242 e. The zero-order valence-corrected chi connectivity index (χ0v) is 11.9. The molecule has 0 radical (unpaired) electrons. The van der Waals surface area contributed by atoms with Crippen LogP contribution in [0.2, 0.25) is 0 Å². The van der Waals surface area contributed by atoms with Crippen LogP contribution in [0.15, 0.2) is 0 Å². The van der Waals surface area contributed by atoms with Gasteiger partial charge in [0.25, 0.3) is 0 Å². The summed E-state index contributed by atoms with van der Waals surface area (Å²) in [7, 11) is 0. The van der Waals surface area contributed by atoms with E-state index in [0.717, 1.165) is 45.2 Å². The van der Waals surface area contributed by atoms with Gasteiger partial charge in [0, 0.05) is 13.1 Å². The van der Waals surface area contributed by atoms with Gasteiger partial charge in [-0.15, -0.1) is 0 Å². The third-order valence-electron chi connectivity index (χ3n) is 4.91. The van der Waals surface area contributed by atoms with E-state index in [0.29, 0.717) is 5.41 Å². The molecule has 3 nitrogen and oxygen atoms in total. The van der Waals surface area contributed by atoms with Crippen molar-refractivity contribution in [3.63, 3.8) is 0 Å². The molecule has 1 amide bonds. The fourth-order valence-corrected chi connectivity index (χ4v) is 2.80. The van der Waals surface area contributed by atoms with Gasteiger partial charge in [0.1, 0.15) is 0 Å². The maximum atomic E-state index is 12.4. The first-order chi connectivity index (χ1) is 7.97. The molecule has 0 unspecified atom stereocenters. The fraction of sp³-hybridized carbons (Fsp3) is 0.929. The van der Waals surface area contributed by atoms with Crippen LogP contribution in [0.5, 0.6) is 0 Å². The number of hydrogen-bond donors (Lipinski definition) is 1. The van der Waals surface area contributed by atoms with Crippen molar-refractivity contribution in [3.8, 4) is 0 Å². The first-order valence-electron chi connectivity index (χ1n) is 7.05. The van der Waals surface area contributed by atoms with Gasteiger partial charge >= 0.3 is 0 Å². The van der Waals surface area contributed by atoms with Gasteiger partial charge in [-0.05, 0) is 37.5 Å². The predicted molar refractivity (Wildman–Crippen MR) is 71.7 cm³/mol. The number of hydrogen-bond acceptors (Lipinski definition) is 2. The van der Waals surface area contributed by atoms with E-state index < -0.39 is 5.54 Å². The molecular formula is C14H28N2O. The summed E-state index contributed by atoms with van der Waals surface area (Å²) in [6.07, 6.45) is 4.90. The zero-order chi connectivity index (χ0) is 13.1. The molecule has 1 fully saturated rings. The number of nitrogens with two attached hydrogens (primary N) is 1. The van der Waals surface area contributed by atoms with Crippen molar-refractivity contribution < 1.29 is 4.79 Å². The number of amides is 1. The van der Waals surface area contributed by atoms with Crippen molar-refractivity contribution in [2.24, 2.45) is 11.1 Å². The summed E-state index contributed by atoms with van der Waals surface area (Å²) in [5.74, 6) is 0.159. The molecule has 0 spiro atoms. The van der Waals surface area contributed by atoms with Gasteiger partial charge in [0.05, 0.1) is 5.54 Å². The van der Waals surface area contributed by atoms with Crippen LogP contribution in [0.3, 0.4) is 0 Å². The van der Waals surface area contributed by atoms with E-state index in [1.807, 2.05) is 18.7 Å². The van der Waals surface area contributed by atoms with E-state index in [9.17, 15) is 4.79 Å². The van der Waals surface area contributed by atoms with Gasteiger partial charge in [0.2, 0.25) is 5.91 Å². The largest absolute Gasteiger partial charge is 0.341 e. The SMILES string of the molecule is CCC1(CC)CCN(C(=O)C(N)(CC)CC)C1. The average molecular weight is 240 g/mol. The molecule has 3 heteroatoms. The summed E-state index contributed by atoms with van der Waals surface area (Å²) in [5, 5.41) is 0. The second-order valence-corrected chi connectivity index (χ2v) is 5.55. The molecule has 1 heterocycles. The quantitative estimate of drug-likeness (QED) is 0.802. The summed E-state index contributed by atoms with van der Waals surface area (Å²) in [4.78, 5) is 14.4. The lowest BCUT2D eigenvalue weighted by atomic mass is 9.82. The van der Waals surface area contributed by atoms with E-state index in [2.05, 4.69) is 13.8 Å². The molecule has 0 aromatic rings. The van der Waals surface area contributed by atoms with Crippen molar-refractivity contribution in [2.75, 3.05) is 13.1 Å². The Morgan fingerprint density at radius 3 is 2.12 bits per heavy atom. The Kier molecular flexibility index (Phi) is 4.59. The molecular weight excluding hydrogens is 212 g/mol. The predicted octanol–water partition coefficient (Wildman–Crippen LogP) is 2.54. The van der Waals surface area contributed by atoms with Gasteiger partial charge in [-0.25, -0.2) is 0 Å². The normalized spacial score (nSPS) is 19.7.